The van der Waals surface area contributed by atoms with Gasteiger partial charge in [-0.2, -0.15) is 0 Å². The Morgan fingerprint density at radius 2 is 2.05 bits per heavy atom. The zero-order valence-corrected chi connectivity index (χ0v) is 11.1. The fourth-order valence-corrected chi connectivity index (χ4v) is 2.33. The van der Waals surface area contributed by atoms with Gasteiger partial charge in [0.25, 0.3) is 11.7 Å². The van der Waals surface area contributed by atoms with Crippen molar-refractivity contribution in [3.63, 3.8) is 0 Å². The molecule has 0 aliphatic carbocycles. The first-order chi connectivity index (χ1) is 8.91. The summed E-state index contributed by atoms with van der Waals surface area (Å²) < 4.78 is 5.57. The third-order valence-electron chi connectivity index (χ3n) is 3.33. The van der Waals surface area contributed by atoms with Gasteiger partial charge in [0.1, 0.15) is 6.61 Å². The summed E-state index contributed by atoms with van der Waals surface area (Å²) in [5.41, 5.74) is 1.32. The first kappa shape index (κ1) is 11.9. The maximum atomic E-state index is 12.0. The van der Waals surface area contributed by atoms with E-state index < -0.39 is 11.7 Å². The monoisotopic (exact) mass is 258 g/mol. The van der Waals surface area contributed by atoms with Crippen LogP contribution in [0.4, 0.5) is 5.69 Å². The van der Waals surface area contributed by atoms with Crippen LogP contribution in [0.25, 0.3) is 0 Å². The van der Waals surface area contributed by atoms with E-state index in [9.17, 15) is 9.59 Å². The Balaban J connectivity index is 2.17. The highest BCUT2D eigenvalue weighted by molar-refractivity contribution is 6.53. The second kappa shape index (κ2) is 3.66. The van der Waals surface area contributed by atoms with Crippen LogP contribution in [0.2, 0.25) is 0 Å². The summed E-state index contributed by atoms with van der Waals surface area (Å²) in [4.78, 5) is 29.6. The number of carbonyl (C=O) groups is 2. The van der Waals surface area contributed by atoms with Crippen molar-refractivity contribution in [1.82, 2.24) is 0 Å². The van der Waals surface area contributed by atoms with E-state index in [1.807, 2.05) is 13.8 Å². The average Bonchev–Trinajstić information content (AvgIpc) is 2.84. The number of amides is 1. The number of ether oxygens (including phenoxy) is 1. The molecule has 2 heterocycles. The number of aliphatic imine (C=N–C) groups is 1. The van der Waals surface area contributed by atoms with Crippen molar-refractivity contribution in [3.8, 4) is 0 Å². The molecule has 2 aliphatic heterocycles. The average molecular weight is 258 g/mol. The van der Waals surface area contributed by atoms with E-state index >= 15 is 0 Å². The third-order valence-corrected chi connectivity index (χ3v) is 3.33. The van der Waals surface area contributed by atoms with E-state index in [1.54, 1.807) is 25.2 Å². The van der Waals surface area contributed by atoms with E-state index in [1.165, 1.54) is 4.90 Å². The summed E-state index contributed by atoms with van der Waals surface area (Å²) in [5.74, 6) is -0.567. The van der Waals surface area contributed by atoms with Crippen molar-refractivity contribution in [3.05, 3.63) is 29.3 Å². The summed E-state index contributed by atoms with van der Waals surface area (Å²) in [6, 6.07) is 5.32. The van der Waals surface area contributed by atoms with Crippen LogP contribution in [-0.4, -0.2) is 36.8 Å². The molecule has 0 bridgehead atoms. The molecule has 1 aromatic rings. The molecule has 1 amide bonds. The van der Waals surface area contributed by atoms with E-state index in [2.05, 4.69) is 4.99 Å². The molecule has 0 radical (unpaired) electrons. The Bertz CT molecular complexity index is 632. The predicted molar refractivity (Wildman–Crippen MR) is 70.8 cm³/mol. The number of likely N-dealkylation sites (N-methyl/N-ethyl adjacent to an activating group) is 1. The summed E-state index contributed by atoms with van der Waals surface area (Å²) in [5, 5.41) is 0. The first-order valence-electron chi connectivity index (χ1n) is 6.09. The summed E-state index contributed by atoms with van der Waals surface area (Å²) in [6.45, 7) is 4.40. The Morgan fingerprint density at radius 3 is 2.68 bits per heavy atom. The molecule has 19 heavy (non-hydrogen) atoms. The second-order valence-electron chi connectivity index (χ2n) is 5.41. The van der Waals surface area contributed by atoms with Crippen LogP contribution in [0.15, 0.2) is 23.2 Å². The van der Waals surface area contributed by atoms with Crippen molar-refractivity contribution in [2.75, 3.05) is 18.6 Å². The second-order valence-corrected chi connectivity index (χ2v) is 5.41. The van der Waals surface area contributed by atoms with Gasteiger partial charge in [-0.3, -0.25) is 9.59 Å². The fourth-order valence-electron chi connectivity index (χ4n) is 2.33. The normalized spacial score (nSPS) is 20.4. The molecule has 1 aromatic carbocycles. The molecular weight excluding hydrogens is 244 g/mol. The quantitative estimate of drug-likeness (QED) is 0.715. The van der Waals surface area contributed by atoms with Crippen LogP contribution >= 0.6 is 0 Å². The van der Waals surface area contributed by atoms with Crippen LogP contribution in [0.5, 0.6) is 0 Å². The molecule has 0 spiro atoms. The molecule has 5 nitrogen and oxygen atoms in total. The summed E-state index contributed by atoms with van der Waals surface area (Å²) in [6.07, 6.45) is 0. The number of Topliss-reactive ketones (excluding diaryl/α,β-unsaturated/α-hetero) is 1. The van der Waals surface area contributed by atoms with E-state index in [4.69, 9.17) is 4.74 Å². The van der Waals surface area contributed by atoms with Crippen molar-refractivity contribution in [2.45, 2.75) is 19.4 Å². The highest BCUT2D eigenvalue weighted by Crippen LogP contribution is 2.32. The standard InChI is InChI=1S/C14H14N2O3/c1-14(2)7-19-12(15-14)8-5-4-6-9-10(8)11(17)13(18)16(9)3/h4-6H,7H2,1-3H3. The highest BCUT2D eigenvalue weighted by Gasteiger charge is 2.38. The SMILES string of the molecule is CN1C(=O)C(=O)c2c(C3=NC(C)(C)CO3)cccc21. The van der Waals surface area contributed by atoms with E-state index in [-0.39, 0.29) is 5.54 Å². The van der Waals surface area contributed by atoms with Crippen LogP contribution in [-0.2, 0) is 9.53 Å². The molecule has 0 aromatic heterocycles. The lowest BCUT2D eigenvalue weighted by molar-refractivity contribution is -0.114. The highest BCUT2D eigenvalue weighted by atomic mass is 16.5. The number of hydrogen-bond acceptors (Lipinski definition) is 4. The van der Waals surface area contributed by atoms with Gasteiger partial charge in [0.2, 0.25) is 5.90 Å². The minimum Gasteiger partial charge on any atom is -0.475 e. The number of ketones is 1. The minimum atomic E-state index is -0.514. The number of carbonyl (C=O) groups excluding carboxylic acids is 2. The number of fused-ring (bicyclic) bond motifs is 1. The van der Waals surface area contributed by atoms with Crippen molar-refractivity contribution >= 4 is 23.3 Å². The number of nitrogens with zero attached hydrogens (tertiary/aromatic N) is 2. The Kier molecular flexibility index (Phi) is 2.29. The van der Waals surface area contributed by atoms with Crippen LogP contribution < -0.4 is 4.90 Å². The van der Waals surface area contributed by atoms with Gasteiger partial charge in [-0.25, -0.2) is 4.99 Å². The molecule has 0 saturated heterocycles. The van der Waals surface area contributed by atoms with Crippen molar-refractivity contribution in [2.24, 2.45) is 4.99 Å². The van der Waals surface area contributed by atoms with Crippen LogP contribution in [0.1, 0.15) is 29.8 Å². The third kappa shape index (κ3) is 1.65. The molecule has 5 heteroatoms. The Labute approximate surface area is 110 Å². The zero-order chi connectivity index (χ0) is 13.8. The lowest BCUT2D eigenvalue weighted by Crippen LogP contribution is -2.24. The van der Waals surface area contributed by atoms with Crippen molar-refractivity contribution < 1.29 is 14.3 Å². The van der Waals surface area contributed by atoms with Gasteiger partial charge in [0.05, 0.1) is 16.8 Å². The van der Waals surface area contributed by atoms with Gasteiger partial charge < -0.3 is 9.64 Å². The smallest absolute Gasteiger partial charge is 0.299 e. The van der Waals surface area contributed by atoms with Gasteiger partial charge >= 0.3 is 0 Å². The van der Waals surface area contributed by atoms with Gasteiger partial charge in [0, 0.05) is 12.6 Å². The topological polar surface area (TPSA) is 59.0 Å². The number of anilines is 1. The van der Waals surface area contributed by atoms with Gasteiger partial charge in [-0.15, -0.1) is 0 Å². The molecule has 2 aliphatic rings. The Morgan fingerprint density at radius 1 is 1.32 bits per heavy atom. The van der Waals surface area contributed by atoms with E-state index in [0.717, 1.165) is 0 Å². The van der Waals surface area contributed by atoms with Gasteiger partial charge in [0.15, 0.2) is 0 Å². The van der Waals surface area contributed by atoms with E-state index in [0.29, 0.717) is 29.3 Å². The van der Waals surface area contributed by atoms with Crippen molar-refractivity contribution in [1.29, 1.82) is 0 Å². The number of rotatable bonds is 1. The van der Waals surface area contributed by atoms with Crippen LogP contribution in [0.3, 0.4) is 0 Å². The lowest BCUT2D eigenvalue weighted by Gasteiger charge is -2.09. The zero-order valence-electron chi connectivity index (χ0n) is 11.1. The summed E-state index contributed by atoms with van der Waals surface area (Å²) in [7, 11) is 1.59. The molecule has 3 rings (SSSR count). The lowest BCUT2D eigenvalue weighted by atomic mass is 10.0. The maximum Gasteiger partial charge on any atom is 0.299 e. The molecule has 0 unspecified atom stereocenters. The number of hydrogen-bond donors (Lipinski definition) is 0. The summed E-state index contributed by atoms with van der Waals surface area (Å²) >= 11 is 0. The largest absolute Gasteiger partial charge is 0.475 e. The van der Waals surface area contributed by atoms with Gasteiger partial charge in [-0.05, 0) is 26.0 Å². The molecule has 98 valence electrons. The fraction of sp³-hybridized carbons (Fsp3) is 0.357. The molecular formula is C14H14N2O3. The predicted octanol–water partition coefficient (Wildman–Crippen LogP) is 1.40. The minimum absolute atomic E-state index is 0.296. The maximum absolute atomic E-state index is 12.0. The molecule has 0 fully saturated rings. The van der Waals surface area contributed by atoms with Crippen LogP contribution in [0, 0.1) is 0 Å². The molecule has 0 atom stereocenters. The first-order valence-corrected chi connectivity index (χ1v) is 6.09. The molecule has 0 N–H and O–H groups in total. The Hall–Kier alpha value is -2.17. The number of benzene rings is 1. The molecule has 0 saturated carbocycles. The van der Waals surface area contributed by atoms with Gasteiger partial charge in [-0.1, -0.05) is 6.07 Å².